The number of halogens is 1. The minimum Gasteiger partial charge on any atom is -0.372 e. The predicted molar refractivity (Wildman–Crippen MR) is 80.0 cm³/mol. The maximum Gasteiger partial charge on any atom is 0.180 e. The van der Waals surface area contributed by atoms with E-state index in [0.717, 1.165) is 27.4 Å². The lowest BCUT2D eigenvalue weighted by Gasteiger charge is -2.09. The maximum absolute atomic E-state index is 4.50. The maximum atomic E-state index is 4.50. The van der Waals surface area contributed by atoms with Gasteiger partial charge in [-0.3, -0.25) is 0 Å². The first-order valence-electron chi connectivity index (χ1n) is 5.80. The Kier molecular flexibility index (Phi) is 3.08. The number of aromatic nitrogens is 3. The van der Waals surface area contributed by atoms with Crippen molar-refractivity contribution in [3.8, 4) is 0 Å². The molecule has 96 valence electrons. The molecule has 0 unspecified atom stereocenters. The second kappa shape index (κ2) is 4.89. The van der Waals surface area contributed by atoms with Crippen LogP contribution in [0.1, 0.15) is 0 Å². The van der Waals surface area contributed by atoms with E-state index < -0.39 is 0 Å². The smallest absolute Gasteiger partial charge is 0.180 e. The fourth-order valence-electron chi connectivity index (χ4n) is 1.84. The quantitative estimate of drug-likeness (QED) is 0.778. The van der Waals surface area contributed by atoms with Crippen LogP contribution in [0.15, 0.2) is 47.3 Å². The number of benzene rings is 1. The molecule has 5 nitrogen and oxygen atoms in total. The fourth-order valence-corrected chi connectivity index (χ4v) is 2.24. The Labute approximate surface area is 118 Å². The second-order valence-electron chi connectivity index (χ2n) is 4.02. The van der Waals surface area contributed by atoms with E-state index in [0.29, 0.717) is 0 Å². The zero-order valence-corrected chi connectivity index (χ0v) is 11.8. The summed E-state index contributed by atoms with van der Waals surface area (Å²) in [5, 5.41) is 6.32. The van der Waals surface area contributed by atoms with E-state index in [1.807, 2.05) is 48.1 Å². The summed E-state index contributed by atoms with van der Waals surface area (Å²) in [5.41, 5.74) is 1.75. The number of nitrogens with zero attached hydrogens (tertiary/aromatic N) is 3. The van der Waals surface area contributed by atoms with E-state index in [1.165, 1.54) is 0 Å². The van der Waals surface area contributed by atoms with Crippen molar-refractivity contribution in [1.29, 1.82) is 0 Å². The molecule has 0 saturated heterocycles. The van der Waals surface area contributed by atoms with Gasteiger partial charge in [0.1, 0.15) is 5.82 Å². The van der Waals surface area contributed by atoms with Gasteiger partial charge < -0.3 is 15.0 Å². The zero-order chi connectivity index (χ0) is 13.2. The average Bonchev–Trinajstić information content (AvgIpc) is 2.87. The molecule has 2 heterocycles. The van der Waals surface area contributed by atoms with Crippen LogP contribution in [0.3, 0.4) is 0 Å². The van der Waals surface area contributed by atoms with E-state index in [9.17, 15) is 0 Å². The SMILES string of the molecule is CNc1cn2ccnc2c(Nc2cccc(Br)c2)n1. The van der Waals surface area contributed by atoms with Crippen molar-refractivity contribution in [2.24, 2.45) is 0 Å². The molecular formula is C13H12BrN5. The van der Waals surface area contributed by atoms with Crippen LogP contribution >= 0.6 is 15.9 Å². The first-order chi connectivity index (χ1) is 9.26. The highest BCUT2D eigenvalue weighted by Crippen LogP contribution is 2.23. The zero-order valence-electron chi connectivity index (χ0n) is 10.3. The molecule has 0 radical (unpaired) electrons. The van der Waals surface area contributed by atoms with Crippen molar-refractivity contribution in [3.63, 3.8) is 0 Å². The number of imidazole rings is 1. The summed E-state index contributed by atoms with van der Waals surface area (Å²) in [5.74, 6) is 1.50. The highest BCUT2D eigenvalue weighted by atomic mass is 79.9. The molecule has 0 atom stereocenters. The third-order valence-corrected chi connectivity index (χ3v) is 3.21. The molecule has 1 aromatic carbocycles. The van der Waals surface area contributed by atoms with Gasteiger partial charge in [0.15, 0.2) is 11.5 Å². The molecule has 0 aliphatic rings. The molecule has 0 fully saturated rings. The number of hydrogen-bond donors (Lipinski definition) is 2. The lowest BCUT2D eigenvalue weighted by Crippen LogP contribution is -2.02. The lowest BCUT2D eigenvalue weighted by atomic mass is 10.3. The fraction of sp³-hybridized carbons (Fsp3) is 0.0769. The number of rotatable bonds is 3. The van der Waals surface area contributed by atoms with Gasteiger partial charge in [0.05, 0.1) is 6.20 Å². The van der Waals surface area contributed by atoms with Gasteiger partial charge in [-0.05, 0) is 18.2 Å². The molecule has 6 heteroatoms. The molecule has 0 bridgehead atoms. The number of anilines is 3. The lowest BCUT2D eigenvalue weighted by molar-refractivity contribution is 1.12. The molecule has 0 saturated carbocycles. The van der Waals surface area contributed by atoms with Crippen LogP contribution in [0.4, 0.5) is 17.3 Å². The van der Waals surface area contributed by atoms with Crippen LogP contribution in [0, 0.1) is 0 Å². The molecule has 3 rings (SSSR count). The van der Waals surface area contributed by atoms with Crippen molar-refractivity contribution < 1.29 is 0 Å². The standard InChI is InChI=1S/C13H12BrN5/c1-15-11-8-19-6-5-16-13(19)12(18-11)17-10-4-2-3-9(14)7-10/h2-8,15H,1H3,(H,17,18). The van der Waals surface area contributed by atoms with Crippen molar-refractivity contribution in [1.82, 2.24) is 14.4 Å². The number of nitrogens with one attached hydrogen (secondary N) is 2. The molecule has 0 spiro atoms. The predicted octanol–water partition coefficient (Wildman–Crippen LogP) is 3.28. The Morgan fingerprint density at radius 1 is 1.32 bits per heavy atom. The van der Waals surface area contributed by atoms with Gasteiger partial charge in [-0.1, -0.05) is 22.0 Å². The third-order valence-electron chi connectivity index (χ3n) is 2.72. The molecule has 2 N–H and O–H groups in total. The summed E-state index contributed by atoms with van der Waals surface area (Å²) in [6.45, 7) is 0. The van der Waals surface area contributed by atoms with Crippen molar-refractivity contribution in [2.45, 2.75) is 0 Å². The van der Waals surface area contributed by atoms with Crippen molar-refractivity contribution in [3.05, 3.63) is 47.3 Å². The molecule has 0 amide bonds. The Morgan fingerprint density at radius 2 is 2.21 bits per heavy atom. The summed E-state index contributed by atoms with van der Waals surface area (Å²) in [6.07, 6.45) is 5.54. The third kappa shape index (κ3) is 2.39. The summed E-state index contributed by atoms with van der Waals surface area (Å²) in [7, 11) is 1.84. The first kappa shape index (κ1) is 12.0. The van der Waals surface area contributed by atoms with Crippen LogP contribution < -0.4 is 10.6 Å². The summed E-state index contributed by atoms with van der Waals surface area (Å²) < 4.78 is 2.95. The van der Waals surface area contributed by atoms with E-state index in [-0.39, 0.29) is 0 Å². The minimum absolute atomic E-state index is 0.718. The molecular weight excluding hydrogens is 306 g/mol. The summed E-state index contributed by atoms with van der Waals surface area (Å²) in [6, 6.07) is 7.93. The van der Waals surface area contributed by atoms with E-state index in [1.54, 1.807) is 6.20 Å². The van der Waals surface area contributed by atoms with Gasteiger partial charge in [0, 0.05) is 29.6 Å². The van der Waals surface area contributed by atoms with Gasteiger partial charge in [-0.15, -0.1) is 0 Å². The van der Waals surface area contributed by atoms with E-state index >= 15 is 0 Å². The van der Waals surface area contributed by atoms with Crippen LogP contribution in [-0.2, 0) is 0 Å². The topological polar surface area (TPSA) is 54.2 Å². The first-order valence-corrected chi connectivity index (χ1v) is 6.59. The number of fused-ring (bicyclic) bond motifs is 1. The van der Waals surface area contributed by atoms with Crippen LogP contribution in [0.5, 0.6) is 0 Å². The Morgan fingerprint density at radius 3 is 3.00 bits per heavy atom. The molecule has 0 aliphatic heterocycles. The largest absolute Gasteiger partial charge is 0.372 e. The van der Waals surface area contributed by atoms with Gasteiger partial charge in [0.25, 0.3) is 0 Å². The van der Waals surface area contributed by atoms with Crippen LogP contribution in [0.2, 0.25) is 0 Å². The molecule has 19 heavy (non-hydrogen) atoms. The Bertz CT molecular complexity index is 722. The van der Waals surface area contributed by atoms with Gasteiger partial charge in [-0.25, -0.2) is 9.97 Å². The van der Waals surface area contributed by atoms with Crippen molar-refractivity contribution in [2.75, 3.05) is 17.7 Å². The normalized spacial score (nSPS) is 10.6. The second-order valence-corrected chi connectivity index (χ2v) is 4.93. The molecule has 3 aromatic rings. The summed E-state index contributed by atoms with van der Waals surface area (Å²) >= 11 is 3.45. The summed E-state index contributed by atoms with van der Waals surface area (Å²) in [4.78, 5) is 8.81. The van der Waals surface area contributed by atoms with Crippen LogP contribution in [-0.4, -0.2) is 21.4 Å². The van der Waals surface area contributed by atoms with E-state index in [2.05, 4.69) is 36.5 Å². The number of hydrogen-bond acceptors (Lipinski definition) is 4. The molecule has 0 aliphatic carbocycles. The average molecular weight is 318 g/mol. The highest BCUT2D eigenvalue weighted by Gasteiger charge is 2.07. The molecule has 2 aromatic heterocycles. The van der Waals surface area contributed by atoms with Gasteiger partial charge in [0.2, 0.25) is 0 Å². The minimum atomic E-state index is 0.718. The van der Waals surface area contributed by atoms with Gasteiger partial charge in [-0.2, -0.15) is 0 Å². The van der Waals surface area contributed by atoms with Gasteiger partial charge >= 0.3 is 0 Å². The Hall–Kier alpha value is -2.08. The van der Waals surface area contributed by atoms with E-state index in [4.69, 9.17) is 0 Å². The monoisotopic (exact) mass is 317 g/mol. The Balaban J connectivity index is 2.06. The highest BCUT2D eigenvalue weighted by molar-refractivity contribution is 9.10. The van der Waals surface area contributed by atoms with Crippen LogP contribution in [0.25, 0.3) is 5.65 Å². The van der Waals surface area contributed by atoms with Crippen molar-refractivity contribution >= 4 is 38.9 Å².